The average Bonchev–Trinajstić information content (AvgIpc) is 2.60. The van der Waals surface area contributed by atoms with Gasteiger partial charge < -0.3 is 10.2 Å². The first-order chi connectivity index (χ1) is 12.1. The van der Waals surface area contributed by atoms with Crippen molar-refractivity contribution in [3.8, 4) is 0 Å². The van der Waals surface area contributed by atoms with Crippen LogP contribution in [0.1, 0.15) is 18.1 Å². The van der Waals surface area contributed by atoms with Crippen molar-refractivity contribution in [3.05, 3.63) is 58.9 Å². The maximum atomic E-state index is 11.4. The van der Waals surface area contributed by atoms with Gasteiger partial charge >= 0.3 is 0 Å². The van der Waals surface area contributed by atoms with Crippen molar-refractivity contribution in [2.45, 2.75) is 19.9 Å². The van der Waals surface area contributed by atoms with Gasteiger partial charge in [-0.25, -0.2) is 9.97 Å². The minimum Gasteiger partial charge on any atom is -0.351 e. The molecule has 6 heteroatoms. The summed E-state index contributed by atoms with van der Waals surface area (Å²) in [5.74, 6) is 0.867. The predicted molar refractivity (Wildman–Crippen MR) is 100 cm³/mol. The highest BCUT2D eigenvalue weighted by atomic mass is 35.5. The van der Waals surface area contributed by atoms with Crippen molar-refractivity contribution in [3.63, 3.8) is 0 Å². The van der Waals surface area contributed by atoms with Gasteiger partial charge in [0.1, 0.15) is 12.1 Å². The Morgan fingerprint density at radius 1 is 1.24 bits per heavy atom. The topological polar surface area (TPSA) is 58.1 Å². The Labute approximate surface area is 150 Å². The van der Waals surface area contributed by atoms with Gasteiger partial charge in [0.05, 0.1) is 5.52 Å². The quantitative estimate of drug-likeness (QED) is 0.762. The van der Waals surface area contributed by atoms with E-state index in [2.05, 4.69) is 26.3 Å². The van der Waals surface area contributed by atoms with E-state index >= 15 is 0 Å². The van der Waals surface area contributed by atoms with Gasteiger partial charge in [-0.15, -0.1) is 0 Å². The summed E-state index contributed by atoms with van der Waals surface area (Å²) in [5, 5.41) is 4.59. The standard InChI is InChI=1S/C19H17ClN4O/c1-12(25)23-17-4-2-3-13-10-24(8-7-15(13)17)19-16-6-5-14(20)9-18(16)21-11-22-19/h2-6,9,11H,7-8,10H2,1H3,(H,23,25). The highest BCUT2D eigenvalue weighted by molar-refractivity contribution is 6.31. The predicted octanol–water partition coefficient (Wildman–Crippen LogP) is 3.80. The molecular weight excluding hydrogens is 336 g/mol. The first-order valence-corrected chi connectivity index (χ1v) is 8.53. The molecule has 4 rings (SSSR count). The van der Waals surface area contributed by atoms with E-state index in [4.69, 9.17) is 11.6 Å². The van der Waals surface area contributed by atoms with Crippen LogP contribution < -0.4 is 10.2 Å². The number of carbonyl (C=O) groups is 1. The number of rotatable bonds is 2. The molecule has 0 unspecified atom stereocenters. The van der Waals surface area contributed by atoms with E-state index in [1.165, 1.54) is 18.1 Å². The molecule has 0 fully saturated rings. The Hall–Kier alpha value is -2.66. The van der Waals surface area contributed by atoms with E-state index in [0.717, 1.165) is 41.9 Å². The number of nitrogens with one attached hydrogen (secondary N) is 1. The molecule has 5 nitrogen and oxygen atoms in total. The molecule has 0 radical (unpaired) electrons. The zero-order valence-corrected chi connectivity index (χ0v) is 14.5. The minimum absolute atomic E-state index is 0.0468. The molecule has 0 saturated heterocycles. The summed E-state index contributed by atoms with van der Waals surface area (Å²) in [7, 11) is 0. The van der Waals surface area contributed by atoms with Crippen LogP contribution in [0.3, 0.4) is 0 Å². The van der Waals surface area contributed by atoms with Crippen LogP contribution in [-0.2, 0) is 17.8 Å². The number of benzene rings is 2. The summed E-state index contributed by atoms with van der Waals surface area (Å²) in [6.45, 7) is 3.11. The fraction of sp³-hybridized carbons (Fsp3) is 0.211. The molecule has 1 amide bonds. The van der Waals surface area contributed by atoms with Crippen LogP contribution in [0.15, 0.2) is 42.7 Å². The van der Waals surface area contributed by atoms with Crippen molar-refractivity contribution >= 4 is 39.9 Å². The fourth-order valence-electron chi connectivity index (χ4n) is 3.36. The van der Waals surface area contributed by atoms with E-state index in [1.54, 1.807) is 6.33 Å². The Bertz CT molecular complexity index is 973. The lowest BCUT2D eigenvalue weighted by Gasteiger charge is -2.31. The first kappa shape index (κ1) is 15.8. The molecule has 1 aliphatic heterocycles. The first-order valence-electron chi connectivity index (χ1n) is 8.15. The van der Waals surface area contributed by atoms with Crippen LogP contribution in [0.25, 0.3) is 10.9 Å². The van der Waals surface area contributed by atoms with Crippen LogP contribution in [0.4, 0.5) is 11.5 Å². The van der Waals surface area contributed by atoms with Crippen molar-refractivity contribution < 1.29 is 4.79 Å². The minimum atomic E-state index is -0.0468. The number of nitrogens with zero attached hydrogens (tertiary/aromatic N) is 3. The summed E-state index contributed by atoms with van der Waals surface area (Å²) in [5.41, 5.74) is 4.16. The van der Waals surface area contributed by atoms with E-state index in [-0.39, 0.29) is 5.91 Å². The highest BCUT2D eigenvalue weighted by Gasteiger charge is 2.21. The molecule has 0 atom stereocenters. The molecule has 0 spiro atoms. The van der Waals surface area contributed by atoms with Crippen LogP contribution >= 0.6 is 11.6 Å². The highest BCUT2D eigenvalue weighted by Crippen LogP contribution is 2.31. The van der Waals surface area contributed by atoms with E-state index in [9.17, 15) is 4.79 Å². The average molecular weight is 353 g/mol. The Balaban J connectivity index is 1.71. The van der Waals surface area contributed by atoms with Gasteiger partial charge in [0.2, 0.25) is 5.91 Å². The van der Waals surface area contributed by atoms with Gasteiger partial charge in [-0.3, -0.25) is 4.79 Å². The smallest absolute Gasteiger partial charge is 0.221 e. The second-order valence-electron chi connectivity index (χ2n) is 6.15. The third-order valence-corrected chi connectivity index (χ3v) is 4.69. The molecule has 126 valence electrons. The number of carbonyl (C=O) groups excluding carboxylic acids is 1. The van der Waals surface area contributed by atoms with Crippen molar-refractivity contribution in [1.82, 2.24) is 9.97 Å². The van der Waals surface area contributed by atoms with Crippen LogP contribution in [0, 0.1) is 0 Å². The molecule has 1 aliphatic rings. The molecule has 1 N–H and O–H groups in total. The van der Waals surface area contributed by atoms with Crippen molar-refractivity contribution in [2.75, 3.05) is 16.8 Å². The third-order valence-electron chi connectivity index (χ3n) is 4.45. The maximum absolute atomic E-state index is 11.4. The number of fused-ring (bicyclic) bond motifs is 2. The second-order valence-corrected chi connectivity index (χ2v) is 6.59. The molecule has 25 heavy (non-hydrogen) atoms. The molecule has 2 heterocycles. The summed E-state index contributed by atoms with van der Waals surface area (Å²) < 4.78 is 0. The van der Waals surface area contributed by atoms with E-state index in [0.29, 0.717) is 5.02 Å². The number of amides is 1. The van der Waals surface area contributed by atoms with Gasteiger partial charge in [-0.1, -0.05) is 23.7 Å². The van der Waals surface area contributed by atoms with Gasteiger partial charge in [0.15, 0.2) is 0 Å². The van der Waals surface area contributed by atoms with Gasteiger partial charge in [-0.2, -0.15) is 0 Å². The maximum Gasteiger partial charge on any atom is 0.221 e. The Morgan fingerprint density at radius 2 is 2.12 bits per heavy atom. The third kappa shape index (κ3) is 3.03. The Kier molecular flexibility index (Phi) is 4.01. The molecule has 0 saturated carbocycles. The number of hydrogen-bond donors (Lipinski definition) is 1. The largest absolute Gasteiger partial charge is 0.351 e. The second kappa shape index (κ2) is 6.33. The molecule has 3 aromatic rings. The van der Waals surface area contributed by atoms with Crippen molar-refractivity contribution in [1.29, 1.82) is 0 Å². The summed E-state index contributed by atoms with van der Waals surface area (Å²) in [6.07, 6.45) is 2.43. The van der Waals surface area contributed by atoms with Crippen LogP contribution in [-0.4, -0.2) is 22.4 Å². The number of anilines is 2. The number of halogens is 1. The molecule has 0 bridgehead atoms. The lowest BCUT2D eigenvalue weighted by Crippen LogP contribution is -2.32. The van der Waals surface area contributed by atoms with Gasteiger partial charge in [-0.05, 0) is 41.8 Å². The number of hydrogen-bond acceptors (Lipinski definition) is 4. The zero-order chi connectivity index (χ0) is 17.4. The molecular formula is C19H17ClN4O. The zero-order valence-electron chi connectivity index (χ0n) is 13.8. The normalized spacial score (nSPS) is 13.6. The molecule has 0 aliphatic carbocycles. The van der Waals surface area contributed by atoms with Gasteiger partial charge in [0, 0.05) is 36.1 Å². The lowest BCUT2D eigenvalue weighted by atomic mass is 9.97. The van der Waals surface area contributed by atoms with Gasteiger partial charge in [0.25, 0.3) is 0 Å². The van der Waals surface area contributed by atoms with Crippen molar-refractivity contribution in [2.24, 2.45) is 0 Å². The van der Waals surface area contributed by atoms with Crippen LogP contribution in [0.2, 0.25) is 5.02 Å². The molecule has 1 aromatic heterocycles. The monoisotopic (exact) mass is 352 g/mol. The van der Waals surface area contributed by atoms with E-state index < -0.39 is 0 Å². The molecule has 2 aromatic carbocycles. The van der Waals surface area contributed by atoms with E-state index in [1.807, 2.05) is 30.3 Å². The number of aromatic nitrogens is 2. The summed E-state index contributed by atoms with van der Waals surface area (Å²) in [6, 6.07) is 11.7. The summed E-state index contributed by atoms with van der Waals surface area (Å²) in [4.78, 5) is 22.5. The lowest BCUT2D eigenvalue weighted by molar-refractivity contribution is -0.114. The SMILES string of the molecule is CC(=O)Nc1cccc2c1CCN(c1ncnc3cc(Cl)ccc13)C2. The van der Waals surface area contributed by atoms with Crippen LogP contribution in [0.5, 0.6) is 0 Å². The Morgan fingerprint density at radius 3 is 2.96 bits per heavy atom. The summed E-state index contributed by atoms with van der Waals surface area (Å²) >= 11 is 6.07. The fourth-order valence-corrected chi connectivity index (χ4v) is 3.53.